The van der Waals surface area contributed by atoms with E-state index in [1.807, 2.05) is 39.8 Å². The monoisotopic (exact) mass is 360 g/mol. The Labute approximate surface area is 121 Å². The van der Waals surface area contributed by atoms with Gasteiger partial charge in [0.15, 0.2) is 3.79 Å². The smallest absolute Gasteiger partial charge is 0.298 e. The molecule has 98 valence electrons. The maximum atomic E-state index is 11.4. The van der Waals surface area contributed by atoms with Crippen LogP contribution in [-0.2, 0) is 15.0 Å². The highest BCUT2D eigenvalue weighted by molar-refractivity contribution is 14.1. The quantitative estimate of drug-likeness (QED) is 0.459. The number of hydrogen-bond acceptors (Lipinski definition) is 3. The van der Waals surface area contributed by atoms with Gasteiger partial charge in [0.1, 0.15) is 5.75 Å². The second-order valence-corrected chi connectivity index (χ2v) is 6.29. The maximum absolute atomic E-state index is 11.4. The Morgan fingerprint density at radius 1 is 1.39 bits per heavy atom. The number of carbonyl (C=O) groups excluding carboxylic acids is 2. The molecule has 0 unspecified atom stereocenters. The summed E-state index contributed by atoms with van der Waals surface area (Å²) in [6.45, 7) is 8.32. The summed E-state index contributed by atoms with van der Waals surface area (Å²) in [5.41, 5.74) is 2.64. The fourth-order valence-electron chi connectivity index (χ4n) is 2.38. The summed E-state index contributed by atoms with van der Waals surface area (Å²) in [5, 5.41) is 0. The van der Waals surface area contributed by atoms with E-state index in [0.717, 1.165) is 16.7 Å². The second-order valence-electron chi connectivity index (χ2n) is 5.08. The number of rotatable bonds is 5. The average Bonchev–Trinajstić information content (AvgIpc) is 2.13. The van der Waals surface area contributed by atoms with E-state index < -0.39 is 0 Å². The van der Waals surface area contributed by atoms with Gasteiger partial charge in [-0.15, -0.1) is 0 Å². The van der Waals surface area contributed by atoms with Gasteiger partial charge in [-0.05, 0) is 53.6 Å². The highest BCUT2D eigenvalue weighted by Crippen LogP contribution is 2.38. The standard InChI is InChI=1S/C14H17IO3/c1-9-5-10(2)13(11(6-9)18-8-16)14(3,4)7-12(15)17/h5-6,8H,7H2,1-4H3. The Bertz CT molecular complexity index is 478. The van der Waals surface area contributed by atoms with Gasteiger partial charge in [-0.25, -0.2) is 0 Å². The third kappa shape index (κ3) is 3.54. The molecular formula is C14H17IO3. The van der Waals surface area contributed by atoms with Gasteiger partial charge < -0.3 is 4.74 Å². The van der Waals surface area contributed by atoms with Crippen LogP contribution in [0, 0.1) is 13.8 Å². The molecule has 0 saturated heterocycles. The van der Waals surface area contributed by atoms with Crippen molar-refractivity contribution in [3.8, 4) is 5.75 Å². The summed E-state index contributed by atoms with van der Waals surface area (Å²) in [6, 6.07) is 3.86. The van der Waals surface area contributed by atoms with Crippen molar-refractivity contribution in [3.05, 3.63) is 28.8 Å². The second kappa shape index (κ2) is 5.82. The Hall–Kier alpha value is -0.910. The molecule has 0 atom stereocenters. The average molecular weight is 360 g/mol. The van der Waals surface area contributed by atoms with Crippen LogP contribution in [-0.4, -0.2) is 10.3 Å². The highest BCUT2D eigenvalue weighted by atomic mass is 127. The molecule has 18 heavy (non-hydrogen) atoms. The third-order valence-electron chi connectivity index (χ3n) is 2.88. The SMILES string of the molecule is Cc1cc(C)c(C(C)(C)CC(=O)I)c(OC=O)c1. The van der Waals surface area contributed by atoms with E-state index in [9.17, 15) is 9.59 Å². The fourth-order valence-corrected chi connectivity index (χ4v) is 3.33. The lowest BCUT2D eigenvalue weighted by atomic mass is 9.78. The first-order chi connectivity index (χ1) is 8.27. The van der Waals surface area contributed by atoms with Gasteiger partial charge in [0.2, 0.25) is 0 Å². The van der Waals surface area contributed by atoms with Crippen molar-refractivity contribution in [3.63, 3.8) is 0 Å². The van der Waals surface area contributed by atoms with Crippen LogP contribution in [0.15, 0.2) is 12.1 Å². The van der Waals surface area contributed by atoms with Crippen LogP contribution in [0.3, 0.4) is 0 Å². The number of benzene rings is 1. The maximum Gasteiger partial charge on any atom is 0.298 e. The normalized spacial score (nSPS) is 11.2. The van der Waals surface area contributed by atoms with Crippen LogP contribution in [0.4, 0.5) is 0 Å². The zero-order valence-electron chi connectivity index (χ0n) is 11.0. The minimum absolute atomic E-state index is 0.0922. The highest BCUT2D eigenvalue weighted by Gasteiger charge is 2.28. The van der Waals surface area contributed by atoms with Gasteiger partial charge >= 0.3 is 0 Å². The van der Waals surface area contributed by atoms with Gasteiger partial charge in [-0.3, -0.25) is 9.59 Å². The van der Waals surface area contributed by atoms with Crippen molar-refractivity contribution in [2.24, 2.45) is 0 Å². The molecule has 1 aromatic carbocycles. The minimum Gasteiger partial charge on any atom is -0.428 e. The Morgan fingerprint density at radius 3 is 2.50 bits per heavy atom. The summed E-state index contributed by atoms with van der Waals surface area (Å²) in [4.78, 5) is 22.0. The molecule has 0 radical (unpaired) electrons. The number of carbonyl (C=O) groups is 2. The number of halogens is 1. The summed E-state index contributed by atoms with van der Waals surface area (Å²) >= 11 is 1.80. The van der Waals surface area contributed by atoms with Crippen LogP contribution in [0.1, 0.15) is 37.0 Å². The van der Waals surface area contributed by atoms with E-state index in [0.29, 0.717) is 18.6 Å². The van der Waals surface area contributed by atoms with Crippen molar-refractivity contribution in [1.29, 1.82) is 0 Å². The molecule has 0 heterocycles. The lowest BCUT2D eigenvalue weighted by Crippen LogP contribution is -2.22. The van der Waals surface area contributed by atoms with Crippen LogP contribution in [0.2, 0.25) is 0 Å². The number of aryl methyl sites for hydroxylation is 2. The zero-order valence-corrected chi connectivity index (χ0v) is 13.2. The first-order valence-corrected chi connectivity index (χ1v) is 6.76. The molecule has 4 heteroatoms. The summed E-state index contributed by atoms with van der Waals surface area (Å²) < 4.78 is 5.16. The Kier molecular flexibility index (Phi) is 4.90. The van der Waals surface area contributed by atoms with Gasteiger partial charge in [-0.2, -0.15) is 0 Å². The summed E-state index contributed by atoms with van der Waals surface area (Å²) in [7, 11) is 0. The van der Waals surface area contributed by atoms with Crippen LogP contribution in [0.25, 0.3) is 0 Å². The summed E-state index contributed by atoms with van der Waals surface area (Å²) in [6.07, 6.45) is 0.409. The van der Waals surface area contributed by atoms with E-state index in [2.05, 4.69) is 0 Å². The number of hydrogen-bond donors (Lipinski definition) is 0. The minimum atomic E-state index is -0.353. The predicted molar refractivity (Wildman–Crippen MR) is 79.3 cm³/mol. The molecule has 0 aliphatic rings. The molecule has 0 aliphatic carbocycles. The van der Waals surface area contributed by atoms with Crippen molar-refractivity contribution < 1.29 is 14.3 Å². The third-order valence-corrected chi connectivity index (χ3v) is 3.26. The van der Waals surface area contributed by atoms with Gasteiger partial charge in [0, 0.05) is 17.4 Å². The fraction of sp³-hybridized carbons (Fsp3) is 0.429. The van der Waals surface area contributed by atoms with E-state index >= 15 is 0 Å². The molecule has 0 spiro atoms. The first-order valence-electron chi connectivity index (χ1n) is 5.68. The molecular weight excluding hydrogens is 343 g/mol. The summed E-state index contributed by atoms with van der Waals surface area (Å²) in [5.74, 6) is 0.546. The molecule has 3 nitrogen and oxygen atoms in total. The van der Waals surface area contributed by atoms with E-state index in [-0.39, 0.29) is 9.20 Å². The zero-order chi connectivity index (χ0) is 13.9. The van der Waals surface area contributed by atoms with Crippen molar-refractivity contribution in [2.75, 3.05) is 0 Å². The van der Waals surface area contributed by atoms with Crippen molar-refractivity contribution >= 4 is 32.9 Å². The lowest BCUT2D eigenvalue weighted by Gasteiger charge is -2.27. The van der Waals surface area contributed by atoms with Crippen LogP contribution < -0.4 is 4.74 Å². The van der Waals surface area contributed by atoms with Crippen molar-refractivity contribution in [2.45, 2.75) is 39.5 Å². The molecule has 0 amide bonds. The molecule has 1 rings (SSSR count). The Balaban J connectivity index is 3.36. The van der Waals surface area contributed by atoms with Gasteiger partial charge in [0.05, 0.1) is 0 Å². The van der Waals surface area contributed by atoms with Gasteiger partial charge in [-0.1, -0.05) is 19.9 Å². The molecule has 0 N–H and O–H groups in total. The lowest BCUT2D eigenvalue weighted by molar-refractivity contribution is -0.120. The predicted octanol–water partition coefficient (Wildman–Crippen LogP) is 3.47. The largest absolute Gasteiger partial charge is 0.428 e. The molecule has 1 aromatic rings. The first kappa shape index (κ1) is 15.1. The van der Waals surface area contributed by atoms with E-state index in [1.54, 1.807) is 22.6 Å². The van der Waals surface area contributed by atoms with Crippen LogP contribution in [0.5, 0.6) is 5.75 Å². The van der Waals surface area contributed by atoms with Crippen molar-refractivity contribution in [1.82, 2.24) is 0 Å². The van der Waals surface area contributed by atoms with E-state index in [4.69, 9.17) is 4.74 Å². The van der Waals surface area contributed by atoms with E-state index in [1.165, 1.54) is 0 Å². The molecule has 0 bridgehead atoms. The topological polar surface area (TPSA) is 43.4 Å². The molecule has 0 aliphatic heterocycles. The van der Waals surface area contributed by atoms with Crippen LogP contribution >= 0.6 is 22.6 Å². The van der Waals surface area contributed by atoms with Gasteiger partial charge in [0.25, 0.3) is 6.47 Å². The Morgan fingerprint density at radius 2 is 2.00 bits per heavy atom. The number of ether oxygens (including phenoxy) is 1. The molecule has 0 aromatic heterocycles. The molecule has 0 fully saturated rings. The molecule has 0 saturated carbocycles.